The first-order valence-electron chi connectivity index (χ1n) is 6.78. The van der Waals surface area contributed by atoms with E-state index in [9.17, 15) is 21.6 Å². The summed E-state index contributed by atoms with van der Waals surface area (Å²) in [6, 6.07) is 7.46. The molecule has 0 aliphatic rings. The number of ether oxygens (including phenoxy) is 1. The van der Waals surface area contributed by atoms with Crippen LogP contribution in [0.15, 0.2) is 30.3 Å². The van der Waals surface area contributed by atoms with E-state index < -0.39 is 21.5 Å². The molecule has 0 radical (unpaired) electrons. The van der Waals surface area contributed by atoms with Crippen LogP contribution >= 0.6 is 0 Å². The van der Waals surface area contributed by atoms with Crippen molar-refractivity contribution in [3.63, 3.8) is 0 Å². The van der Waals surface area contributed by atoms with E-state index in [2.05, 4.69) is 9.17 Å². The topological polar surface area (TPSA) is 65.5 Å². The highest BCUT2D eigenvalue weighted by molar-refractivity contribution is 7.87. The van der Waals surface area contributed by atoms with Crippen molar-refractivity contribution >= 4 is 21.0 Å². The van der Waals surface area contributed by atoms with E-state index in [1.54, 1.807) is 18.2 Å². The molecule has 1 aromatic carbocycles. The van der Waals surface area contributed by atoms with Gasteiger partial charge in [-0.05, 0) is 18.6 Å². The normalized spacial score (nSPS) is 12.3. The molecule has 0 fully saturated rings. The zero-order valence-corrected chi connectivity index (χ0v) is 12.9. The van der Waals surface area contributed by atoms with Gasteiger partial charge in [0.15, 0.2) is 0 Å². The Morgan fingerprint density at radius 1 is 1.17 bits per heavy atom. The van der Waals surface area contributed by atoms with E-state index in [1.807, 2.05) is 6.92 Å². The zero-order valence-electron chi connectivity index (χ0n) is 12.1. The second-order valence-corrected chi connectivity index (χ2v) is 6.20. The number of fused-ring (bicyclic) bond motifs is 1. The van der Waals surface area contributed by atoms with Crippen molar-refractivity contribution in [2.24, 2.45) is 0 Å². The summed E-state index contributed by atoms with van der Waals surface area (Å²) in [6.07, 6.45) is 1.71. The maximum Gasteiger partial charge on any atom is 0.534 e. The van der Waals surface area contributed by atoms with E-state index in [0.29, 0.717) is 17.7 Å². The molecule has 9 heteroatoms. The monoisotopic (exact) mass is 349 g/mol. The first kappa shape index (κ1) is 17.3. The van der Waals surface area contributed by atoms with E-state index in [-0.39, 0.29) is 5.52 Å². The molecule has 0 saturated carbocycles. The molecule has 0 spiro atoms. The van der Waals surface area contributed by atoms with Crippen LogP contribution < -0.4 is 8.92 Å². The molecule has 2 rings (SSSR count). The van der Waals surface area contributed by atoms with Gasteiger partial charge in [-0.1, -0.05) is 25.5 Å². The van der Waals surface area contributed by atoms with Gasteiger partial charge in [0.05, 0.1) is 6.61 Å². The third-order valence-corrected chi connectivity index (χ3v) is 3.85. The second-order valence-electron chi connectivity index (χ2n) is 4.66. The van der Waals surface area contributed by atoms with Gasteiger partial charge in [-0.15, -0.1) is 0 Å². The number of para-hydroxylation sites is 1. The van der Waals surface area contributed by atoms with Crippen LogP contribution in [0.25, 0.3) is 10.9 Å². The Balaban J connectivity index is 2.35. The predicted octanol–water partition coefficient (Wildman–Crippen LogP) is 3.64. The molecule has 0 amide bonds. The number of pyridine rings is 1. The SMILES string of the molecule is CCCCOc1cccc2ccc(OS(=O)(=O)C(F)(F)F)nc12. The molecule has 1 heterocycles. The molecule has 1 aromatic heterocycles. The number of benzene rings is 1. The maximum atomic E-state index is 12.4. The van der Waals surface area contributed by atoms with E-state index in [1.165, 1.54) is 6.07 Å². The number of aromatic nitrogens is 1. The number of hydrogen-bond donors (Lipinski definition) is 0. The number of hydrogen-bond acceptors (Lipinski definition) is 5. The van der Waals surface area contributed by atoms with Crippen LogP contribution in [0.5, 0.6) is 11.6 Å². The molecule has 0 unspecified atom stereocenters. The summed E-state index contributed by atoms with van der Waals surface area (Å²) in [5, 5.41) is 0.593. The van der Waals surface area contributed by atoms with Crippen molar-refractivity contribution in [3.8, 4) is 11.6 Å². The van der Waals surface area contributed by atoms with Gasteiger partial charge in [0, 0.05) is 11.5 Å². The molecule has 0 aliphatic carbocycles. The number of nitrogens with zero attached hydrogens (tertiary/aromatic N) is 1. The van der Waals surface area contributed by atoms with Gasteiger partial charge in [-0.3, -0.25) is 0 Å². The highest BCUT2D eigenvalue weighted by atomic mass is 32.2. The largest absolute Gasteiger partial charge is 0.534 e. The minimum absolute atomic E-state index is 0.235. The maximum absolute atomic E-state index is 12.4. The van der Waals surface area contributed by atoms with Crippen molar-refractivity contribution in [1.29, 1.82) is 0 Å². The lowest BCUT2D eigenvalue weighted by atomic mass is 10.2. The highest BCUT2D eigenvalue weighted by Gasteiger charge is 2.48. The first-order chi connectivity index (χ1) is 10.7. The molecule has 5 nitrogen and oxygen atoms in total. The minimum Gasteiger partial charge on any atom is -0.491 e. The Bertz CT molecular complexity index is 790. The van der Waals surface area contributed by atoms with Crippen LogP contribution in [-0.2, 0) is 10.1 Å². The lowest BCUT2D eigenvalue weighted by Crippen LogP contribution is -2.28. The van der Waals surface area contributed by atoms with E-state index in [4.69, 9.17) is 4.74 Å². The lowest BCUT2D eigenvalue weighted by Gasteiger charge is -2.11. The van der Waals surface area contributed by atoms with Crippen molar-refractivity contribution in [3.05, 3.63) is 30.3 Å². The summed E-state index contributed by atoms with van der Waals surface area (Å²) in [6.45, 7) is 2.40. The molecule has 0 N–H and O–H groups in total. The summed E-state index contributed by atoms with van der Waals surface area (Å²) in [5.74, 6) is -0.313. The Labute approximate surface area is 131 Å². The van der Waals surface area contributed by atoms with Gasteiger partial charge in [0.1, 0.15) is 11.3 Å². The number of unbranched alkanes of at least 4 members (excludes halogenated alkanes) is 1. The van der Waals surface area contributed by atoms with Crippen LogP contribution in [-0.4, -0.2) is 25.5 Å². The smallest absolute Gasteiger partial charge is 0.491 e. The Morgan fingerprint density at radius 3 is 2.57 bits per heavy atom. The summed E-state index contributed by atoms with van der Waals surface area (Å²) in [5.41, 5.74) is -5.28. The molecular weight excluding hydrogens is 335 g/mol. The summed E-state index contributed by atoms with van der Waals surface area (Å²) in [7, 11) is -5.76. The van der Waals surface area contributed by atoms with Crippen molar-refractivity contribution in [2.75, 3.05) is 6.61 Å². The lowest BCUT2D eigenvalue weighted by molar-refractivity contribution is -0.0501. The molecule has 126 valence electrons. The van der Waals surface area contributed by atoms with Crippen LogP contribution in [0.3, 0.4) is 0 Å². The molecule has 23 heavy (non-hydrogen) atoms. The fourth-order valence-electron chi connectivity index (χ4n) is 1.75. The molecule has 0 bridgehead atoms. The summed E-state index contributed by atoms with van der Waals surface area (Å²) >= 11 is 0. The quantitative estimate of drug-likeness (QED) is 0.452. The Hall–Kier alpha value is -2.03. The molecule has 0 saturated heterocycles. The van der Waals surface area contributed by atoms with Gasteiger partial charge in [-0.2, -0.15) is 21.6 Å². The Kier molecular flexibility index (Phi) is 4.98. The number of alkyl halides is 3. The van der Waals surface area contributed by atoms with Gasteiger partial charge in [0.2, 0.25) is 5.88 Å². The van der Waals surface area contributed by atoms with Crippen molar-refractivity contribution < 1.29 is 30.5 Å². The number of halogens is 3. The highest BCUT2D eigenvalue weighted by Crippen LogP contribution is 2.29. The van der Waals surface area contributed by atoms with Crippen molar-refractivity contribution in [1.82, 2.24) is 4.98 Å². The molecule has 0 aliphatic heterocycles. The van der Waals surface area contributed by atoms with Gasteiger partial charge >= 0.3 is 15.6 Å². The fraction of sp³-hybridized carbons (Fsp3) is 0.357. The Morgan fingerprint density at radius 2 is 1.91 bits per heavy atom. The van der Waals surface area contributed by atoms with Crippen molar-refractivity contribution in [2.45, 2.75) is 25.3 Å². The van der Waals surface area contributed by atoms with E-state index >= 15 is 0 Å². The fourth-order valence-corrected chi connectivity index (χ4v) is 2.16. The van der Waals surface area contributed by atoms with Gasteiger partial charge in [0.25, 0.3) is 0 Å². The predicted molar refractivity (Wildman–Crippen MR) is 77.7 cm³/mol. The van der Waals surface area contributed by atoms with Gasteiger partial charge < -0.3 is 8.92 Å². The third-order valence-electron chi connectivity index (χ3n) is 2.89. The molecular formula is C14H14F3NO4S. The zero-order chi connectivity index (χ0) is 17.1. The second kappa shape index (κ2) is 6.61. The van der Waals surface area contributed by atoms with Gasteiger partial charge in [-0.25, -0.2) is 4.98 Å². The number of rotatable bonds is 6. The summed E-state index contributed by atoms with van der Waals surface area (Å²) in [4.78, 5) is 3.83. The van der Waals surface area contributed by atoms with Crippen LogP contribution in [0.1, 0.15) is 19.8 Å². The molecule has 0 atom stereocenters. The van der Waals surface area contributed by atoms with E-state index in [0.717, 1.165) is 18.9 Å². The average Bonchev–Trinajstić information content (AvgIpc) is 2.46. The minimum atomic E-state index is -5.76. The van der Waals surface area contributed by atoms with Crippen LogP contribution in [0, 0.1) is 0 Å². The average molecular weight is 349 g/mol. The molecule has 2 aromatic rings. The van der Waals surface area contributed by atoms with Crippen LogP contribution in [0.2, 0.25) is 0 Å². The summed E-state index contributed by atoms with van der Waals surface area (Å²) < 4.78 is 68.7. The first-order valence-corrected chi connectivity index (χ1v) is 8.19. The standard InChI is InChI=1S/C14H14F3NO4S/c1-2-3-9-21-11-6-4-5-10-7-8-12(18-13(10)11)22-23(19,20)14(15,16)17/h4-8H,2-3,9H2,1H3. The van der Waals surface area contributed by atoms with Crippen LogP contribution in [0.4, 0.5) is 13.2 Å². The third kappa shape index (κ3) is 4.04.